The van der Waals surface area contributed by atoms with Crippen LogP contribution in [0, 0.1) is 10.8 Å². The number of allylic oxidation sites excluding steroid dienone is 1. The number of hydrogen-bond donors (Lipinski definition) is 5. The van der Waals surface area contributed by atoms with Gasteiger partial charge in [0.25, 0.3) is 5.91 Å². The molecule has 3 rings (SSSR count). The average molecular weight is 456 g/mol. The second kappa shape index (κ2) is 9.34. The highest BCUT2D eigenvalue weighted by Gasteiger charge is 2.38. The molecule has 12 heteroatoms. The molecule has 0 atom stereocenters. The number of benzene rings is 1. The van der Waals surface area contributed by atoms with E-state index < -0.39 is 23.4 Å². The molecule has 0 unspecified atom stereocenters. The maximum Gasteiger partial charge on any atom is 0.433 e. The fourth-order valence-electron chi connectivity index (χ4n) is 2.79. The van der Waals surface area contributed by atoms with Gasteiger partial charge in [0.05, 0.1) is 5.57 Å². The van der Waals surface area contributed by atoms with E-state index in [9.17, 15) is 18.0 Å². The Labute approximate surface area is 186 Å². The van der Waals surface area contributed by atoms with Crippen molar-refractivity contribution in [2.24, 2.45) is 0 Å². The summed E-state index contributed by atoms with van der Waals surface area (Å²) >= 11 is 0. The smallest absolute Gasteiger partial charge is 0.398 e. The van der Waals surface area contributed by atoms with Crippen LogP contribution in [0.15, 0.2) is 60.3 Å². The largest absolute Gasteiger partial charge is 0.433 e. The molecule has 2 heterocycles. The number of nitrogen functional groups attached to an aromatic ring is 1. The molecule has 33 heavy (non-hydrogen) atoms. The molecule has 9 nitrogen and oxygen atoms in total. The van der Waals surface area contributed by atoms with Gasteiger partial charge in [0.1, 0.15) is 11.5 Å². The summed E-state index contributed by atoms with van der Waals surface area (Å²) in [5.74, 6) is -0.350. The zero-order valence-electron chi connectivity index (χ0n) is 17.2. The van der Waals surface area contributed by atoms with E-state index >= 15 is 0 Å². The highest BCUT2D eigenvalue weighted by atomic mass is 19.4. The molecule has 6 N–H and O–H groups in total. The Hall–Kier alpha value is -4.48. The Kier molecular flexibility index (Phi) is 6.56. The van der Waals surface area contributed by atoms with E-state index in [1.54, 1.807) is 42.6 Å². The number of nitrogens with two attached hydrogens (primary N) is 1. The van der Waals surface area contributed by atoms with Gasteiger partial charge in [-0.25, -0.2) is 9.67 Å². The molecule has 1 aromatic carbocycles. The van der Waals surface area contributed by atoms with Gasteiger partial charge in [0.15, 0.2) is 11.6 Å². The van der Waals surface area contributed by atoms with Crippen LogP contribution in [0.4, 0.5) is 36.2 Å². The number of aromatic nitrogens is 3. The van der Waals surface area contributed by atoms with Crippen molar-refractivity contribution in [2.75, 3.05) is 16.4 Å². The Morgan fingerprint density at radius 1 is 1.18 bits per heavy atom. The lowest BCUT2D eigenvalue weighted by Gasteiger charge is -2.12. The third-order valence-electron chi connectivity index (χ3n) is 4.40. The Balaban J connectivity index is 1.76. The Morgan fingerprint density at radius 3 is 2.61 bits per heavy atom. The summed E-state index contributed by atoms with van der Waals surface area (Å²) in [6.45, 7) is 1.24. The van der Waals surface area contributed by atoms with Crippen LogP contribution in [0.25, 0.3) is 5.82 Å². The van der Waals surface area contributed by atoms with Crippen molar-refractivity contribution in [3.05, 3.63) is 65.9 Å². The number of rotatable bonds is 7. The molecule has 0 aliphatic rings. The predicted octanol–water partition coefficient (Wildman–Crippen LogP) is 4.06. The van der Waals surface area contributed by atoms with Gasteiger partial charge in [-0.2, -0.15) is 13.2 Å². The van der Waals surface area contributed by atoms with Crippen LogP contribution >= 0.6 is 0 Å². The summed E-state index contributed by atoms with van der Waals surface area (Å²) in [5.41, 5.74) is 4.90. The summed E-state index contributed by atoms with van der Waals surface area (Å²) in [4.78, 5) is 16.4. The van der Waals surface area contributed by atoms with Gasteiger partial charge in [-0.15, -0.1) is 5.10 Å². The van der Waals surface area contributed by atoms with Crippen LogP contribution in [0.5, 0.6) is 0 Å². The molecule has 2 aromatic heterocycles. The molecular formula is C21H19F3N8O. The van der Waals surface area contributed by atoms with E-state index in [-0.39, 0.29) is 5.82 Å². The zero-order valence-corrected chi connectivity index (χ0v) is 17.2. The molecule has 3 aromatic rings. The minimum absolute atomic E-state index is 0.00834. The summed E-state index contributed by atoms with van der Waals surface area (Å²) in [6, 6.07) is 11.3. The maximum atomic E-state index is 12.8. The van der Waals surface area contributed by atoms with Gasteiger partial charge < -0.3 is 21.8 Å². The molecule has 0 spiro atoms. The van der Waals surface area contributed by atoms with Crippen LogP contribution in [0.2, 0.25) is 0 Å². The number of amides is 1. The first kappa shape index (κ1) is 23.2. The maximum absolute atomic E-state index is 12.8. The number of nitrogens with one attached hydrogen (secondary N) is 4. The first-order valence-electron chi connectivity index (χ1n) is 9.46. The van der Waals surface area contributed by atoms with E-state index in [1.807, 2.05) is 0 Å². The SMILES string of the molecule is C/C=C(\C(=N)C(F)(F)F)C(=O)Nc1cccc(-n2ccc(Nc3ccc(N)c(C=N)c3)n2)n1. The van der Waals surface area contributed by atoms with Crippen LogP contribution < -0.4 is 16.4 Å². The third-order valence-corrected chi connectivity index (χ3v) is 4.40. The number of carbonyl (C=O) groups is 1. The number of halogens is 3. The van der Waals surface area contributed by atoms with E-state index in [2.05, 4.69) is 20.7 Å². The molecule has 0 radical (unpaired) electrons. The Bertz CT molecular complexity index is 1250. The van der Waals surface area contributed by atoms with E-state index in [0.717, 1.165) is 12.3 Å². The number of anilines is 4. The van der Waals surface area contributed by atoms with Crippen molar-refractivity contribution in [1.82, 2.24) is 14.8 Å². The highest BCUT2D eigenvalue weighted by Crippen LogP contribution is 2.23. The first-order valence-corrected chi connectivity index (χ1v) is 9.46. The number of pyridine rings is 1. The topological polar surface area (TPSA) is 146 Å². The molecule has 0 saturated heterocycles. The van der Waals surface area contributed by atoms with Crippen LogP contribution in [0.3, 0.4) is 0 Å². The third kappa shape index (κ3) is 5.42. The normalized spacial score (nSPS) is 11.7. The lowest BCUT2D eigenvalue weighted by Crippen LogP contribution is -2.30. The fraction of sp³-hybridized carbons (Fsp3) is 0.0952. The van der Waals surface area contributed by atoms with Crippen molar-refractivity contribution < 1.29 is 18.0 Å². The molecule has 0 saturated carbocycles. The molecule has 0 bridgehead atoms. The fourth-order valence-corrected chi connectivity index (χ4v) is 2.79. The van der Waals surface area contributed by atoms with E-state index in [4.69, 9.17) is 16.6 Å². The van der Waals surface area contributed by atoms with Gasteiger partial charge >= 0.3 is 6.18 Å². The molecule has 1 amide bonds. The van der Waals surface area contributed by atoms with E-state index in [0.29, 0.717) is 28.6 Å². The monoisotopic (exact) mass is 456 g/mol. The van der Waals surface area contributed by atoms with Gasteiger partial charge in [0.2, 0.25) is 0 Å². The van der Waals surface area contributed by atoms with Gasteiger partial charge in [-0.3, -0.25) is 10.2 Å². The minimum Gasteiger partial charge on any atom is -0.398 e. The van der Waals surface area contributed by atoms with Crippen molar-refractivity contribution in [2.45, 2.75) is 13.1 Å². The zero-order chi connectivity index (χ0) is 24.2. The van der Waals surface area contributed by atoms with Gasteiger partial charge in [-0.1, -0.05) is 12.1 Å². The first-order chi connectivity index (χ1) is 15.6. The van der Waals surface area contributed by atoms with Gasteiger partial charge in [-0.05, 0) is 37.3 Å². The summed E-state index contributed by atoms with van der Waals surface area (Å²) in [6.07, 6.45) is -1.29. The molecule has 170 valence electrons. The molecule has 0 fully saturated rings. The average Bonchev–Trinajstić information content (AvgIpc) is 3.23. The molecule has 0 aliphatic carbocycles. The highest BCUT2D eigenvalue weighted by molar-refractivity contribution is 6.25. The van der Waals surface area contributed by atoms with E-state index in [1.165, 1.54) is 17.7 Å². The van der Waals surface area contributed by atoms with Crippen molar-refractivity contribution in [3.63, 3.8) is 0 Å². The van der Waals surface area contributed by atoms with Crippen molar-refractivity contribution in [3.8, 4) is 5.82 Å². The van der Waals surface area contributed by atoms with Crippen LogP contribution in [-0.4, -0.2) is 38.8 Å². The van der Waals surface area contributed by atoms with Crippen LogP contribution in [-0.2, 0) is 4.79 Å². The second-order valence-corrected chi connectivity index (χ2v) is 6.67. The number of carbonyl (C=O) groups excluding carboxylic acids is 1. The Morgan fingerprint density at radius 2 is 1.94 bits per heavy atom. The number of alkyl halides is 3. The summed E-state index contributed by atoms with van der Waals surface area (Å²) in [5, 5.41) is 24.2. The molecular weight excluding hydrogens is 437 g/mol. The minimum atomic E-state index is -4.95. The molecule has 0 aliphatic heterocycles. The van der Waals surface area contributed by atoms with Crippen LogP contribution in [0.1, 0.15) is 12.5 Å². The summed E-state index contributed by atoms with van der Waals surface area (Å²) in [7, 11) is 0. The summed E-state index contributed by atoms with van der Waals surface area (Å²) < 4.78 is 39.8. The number of nitrogens with zero attached hydrogens (tertiary/aromatic N) is 3. The lowest BCUT2D eigenvalue weighted by atomic mass is 10.1. The second-order valence-electron chi connectivity index (χ2n) is 6.67. The standard InChI is InChI=1S/C21H19F3N8O/c1-2-14(19(27)21(22,23)24)20(33)30-16-4-3-5-18(29-16)32-9-8-17(31-32)28-13-6-7-15(26)12(10-13)11-25/h2-11,25,27H,26H2,1H3,(H,28,31)(H,29,30,33)/b14-2+,25-11?,27-19?. The van der Waals surface area contributed by atoms with Crippen molar-refractivity contribution in [1.29, 1.82) is 10.8 Å². The lowest BCUT2D eigenvalue weighted by molar-refractivity contribution is -0.113. The predicted molar refractivity (Wildman–Crippen MR) is 120 cm³/mol. The number of hydrogen-bond acceptors (Lipinski definition) is 7. The quantitative estimate of drug-likeness (QED) is 0.207. The van der Waals surface area contributed by atoms with Crippen molar-refractivity contribution >= 4 is 40.8 Å². The van der Waals surface area contributed by atoms with Gasteiger partial charge in [0, 0.05) is 35.4 Å².